The van der Waals surface area contributed by atoms with E-state index in [1.165, 1.54) is 0 Å². The fourth-order valence-corrected chi connectivity index (χ4v) is 5.53. The minimum absolute atomic E-state index is 0.00829. The molecule has 1 fully saturated rings. The molecule has 2 aromatic carbocycles. The normalized spacial score (nSPS) is 20.6. The number of fused-ring (bicyclic) bond motifs is 1. The highest BCUT2D eigenvalue weighted by Gasteiger charge is 2.42. The molecular formula is C28H37N3O4. The zero-order valence-electron chi connectivity index (χ0n) is 20.5. The number of hydrogen-bond donors (Lipinski definition) is 3. The molecule has 0 aromatic heterocycles. The fourth-order valence-electron chi connectivity index (χ4n) is 5.53. The van der Waals surface area contributed by atoms with Gasteiger partial charge < -0.3 is 25.8 Å². The van der Waals surface area contributed by atoms with E-state index in [9.17, 15) is 14.7 Å². The van der Waals surface area contributed by atoms with E-state index in [4.69, 9.17) is 10.5 Å². The van der Waals surface area contributed by atoms with E-state index in [1.807, 2.05) is 47.4 Å². The molecule has 1 heterocycles. The molecule has 188 valence electrons. The van der Waals surface area contributed by atoms with Gasteiger partial charge in [-0.25, -0.2) is 0 Å². The van der Waals surface area contributed by atoms with Crippen LogP contribution in [0.1, 0.15) is 56.1 Å². The summed E-state index contributed by atoms with van der Waals surface area (Å²) in [5.74, 6) is -0.00928. The van der Waals surface area contributed by atoms with Crippen molar-refractivity contribution in [2.45, 2.75) is 69.6 Å². The number of benzene rings is 2. The molecule has 1 saturated carbocycles. The van der Waals surface area contributed by atoms with E-state index >= 15 is 0 Å². The van der Waals surface area contributed by atoms with E-state index in [2.05, 4.69) is 11.4 Å². The second kappa shape index (κ2) is 11.2. The molecule has 0 radical (unpaired) electrons. The topological polar surface area (TPSA) is 105 Å². The lowest BCUT2D eigenvalue weighted by molar-refractivity contribution is -0.145. The van der Waals surface area contributed by atoms with E-state index in [0.717, 1.165) is 61.1 Å². The maximum absolute atomic E-state index is 13.7. The first-order chi connectivity index (χ1) is 16.9. The first kappa shape index (κ1) is 25.2. The Balaban J connectivity index is 1.48. The van der Waals surface area contributed by atoms with E-state index in [1.54, 1.807) is 7.11 Å². The Kier molecular flexibility index (Phi) is 8.08. The Morgan fingerprint density at radius 1 is 1.11 bits per heavy atom. The summed E-state index contributed by atoms with van der Waals surface area (Å²) in [6, 6.07) is 15.3. The molecule has 4 N–H and O–H groups in total. The van der Waals surface area contributed by atoms with Crippen LogP contribution in [0.25, 0.3) is 0 Å². The Bertz CT molecular complexity index is 1020. The zero-order chi connectivity index (χ0) is 24.8. The van der Waals surface area contributed by atoms with Crippen molar-refractivity contribution in [1.82, 2.24) is 5.32 Å². The van der Waals surface area contributed by atoms with Crippen LogP contribution in [0.15, 0.2) is 48.5 Å². The van der Waals surface area contributed by atoms with Crippen molar-refractivity contribution in [2.75, 3.05) is 18.6 Å². The van der Waals surface area contributed by atoms with Crippen LogP contribution in [-0.2, 0) is 22.6 Å². The van der Waals surface area contributed by atoms with Gasteiger partial charge >= 0.3 is 0 Å². The Hall–Kier alpha value is -2.90. The van der Waals surface area contributed by atoms with Gasteiger partial charge in [0.2, 0.25) is 11.8 Å². The molecule has 2 atom stereocenters. The summed E-state index contributed by atoms with van der Waals surface area (Å²) in [7, 11) is 1.63. The Morgan fingerprint density at radius 2 is 1.83 bits per heavy atom. The van der Waals surface area contributed by atoms with Crippen LogP contribution in [-0.4, -0.2) is 42.2 Å². The number of aliphatic hydroxyl groups is 1. The highest BCUT2D eigenvalue weighted by molar-refractivity contribution is 5.98. The summed E-state index contributed by atoms with van der Waals surface area (Å²) in [4.78, 5) is 27.8. The third-order valence-electron chi connectivity index (χ3n) is 7.65. The third kappa shape index (κ3) is 5.68. The maximum atomic E-state index is 13.7. The quantitative estimate of drug-likeness (QED) is 0.512. The molecule has 2 aromatic rings. The number of carbonyl (C=O) groups is 2. The number of nitrogens with one attached hydrogen (secondary N) is 1. The number of nitrogens with two attached hydrogens (primary N) is 1. The van der Waals surface area contributed by atoms with Crippen LogP contribution in [0.3, 0.4) is 0 Å². The number of carbonyl (C=O) groups excluding carboxylic acids is 2. The predicted octanol–water partition coefficient (Wildman–Crippen LogP) is 3.32. The third-order valence-corrected chi connectivity index (χ3v) is 7.65. The Labute approximate surface area is 207 Å². The highest BCUT2D eigenvalue weighted by atomic mass is 16.5. The van der Waals surface area contributed by atoms with Crippen LogP contribution in [0.5, 0.6) is 5.75 Å². The molecule has 4 rings (SSSR count). The zero-order valence-corrected chi connectivity index (χ0v) is 20.5. The molecule has 2 amide bonds. The molecule has 0 saturated heterocycles. The Morgan fingerprint density at radius 3 is 2.51 bits per heavy atom. The number of hydrogen-bond acceptors (Lipinski definition) is 5. The molecular weight excluding hydrogens is 442 g/mol. The minimum atomic E-state index is -1.53. The molecule has 7 nitrogen and oxygen atoms in total. The van der Waals surface area contributed by atoms with Crippen molar-refractivity contribution < 1.29 is 19.4 Å². The van der Waals surface area contributed by atoms with Crippen molar-refractivity contribution >= 4 is 17.5 Å². The maximum Gasteiger partial charge on any atom is 0.249 e. The van der Waals surface area contributed by atoms with Gasteiger partial charge in [0.15, 0.2) is 0 Å². The lowest BCUT2D eigenvalue weighted by Crippen LogP contribution is -2.53. The van der Waals surface area contributed by atoms with E-state index in [0.29, 0.717) is 19.5 Å². The number of anilines is 1. The molecule has 2 aliphatic rings. The van der Waals surface area contributed by atoms with Gasteiger partial charge in [0.1, 0.15) is 11.4 Å². The molecule has 35 heavy (non-hydrogen) atoms. The van der Waals surface area contributed by atoms with Gasteiger partial charge in [-0.3, -0.25) is 9.59 Å². The summed E-state index contributed by atoms with van der Waals surface area (Å²) in [6.45, 7) is 0.796. The van der Waals surface area contributed by atoms with Gasteiger partial charge in [0.25, 0.3) is 0 Å². The smallest absolute Gasteiger partial charge is 0.249 e. The SMILES string of the molecule is COc1ccc(CN2C(=O)C(NCCC(O)(C(N)=O)C3CCCCC3)CCc3ccccc32)cc1. The van der Waals surface area contributed by atoms with Crippen LogP contribution in [0.2, 0.25) is 0 Å². The second-order valence-corrected chi connectivity index (χ2v) is 9.82. The molecule has 2 unspecified atom stereocenters. The molecule has 1 aliphatic heterocycles. The van der Waals surface area contributed by atoms with Gasteiger partial charge in [-0.05, 0) is 73.9 Å². The average molecular weight is 480 g/mol. The van der Waals surface area contributed by atoms with Crippen LogP contribution in [0, 0.1) is 5.92 Å². The van der Waals surface area contributed by atoms with Gasteiger partial charge in [0, 0.05) is 5.69 Å². The number of methoxy groups -OCH3 is 1. The van der Waals surface area contributed by atoms with Crippen LogP contribution < -0.4 is 20.7 Å². The number of amides is 2. The van der Waals surface area contributed by atoms with Crippen LogP contribution in [0.4, 0.5) is 5.69 Å². The number of nitrogens with zero attached hydrogens (tertiary/aromatic N) is 1. The van der Waals surface area contributed by atoms with Crippen LogP contribution >= 0.6 is 0 Å². The van der Waals surface area contributed by atoms with Crippen molar-refractivity contribution in [3.05, 3.63) is 59.7 Å². The first-order valence-electron chi connectivity index (χ1n) is 12.7. The van der Waals surface area contributed by atoms with Crippen molar-refractivity contribution in [2.24, 2.45) is 11.7 Å². The number of ether oxygens (including phenoxy) is 1. The van der Waals surface area contributed by atoms with Crippen molar-refractivity contribution in [3.8, 4) is 5.75 Å². The number of rotatable bonds is 9. The predicted molar refractivity (Wildman–Crippen MR) is 136 cm³/mol. The number of para-hydroxylation sites is 1. The first-order valence-corrected chi connectivity index (χ1v) is 12.7. The summed E-state index contributed by atoms with van der Waals surface area (Å²) in [5, 5.41) is 14.5. The molecule has 1 aliphatic carbocycles. The van der Waals surface area contributed by atoms with Gasteiger partial charge in [-0.15, -0.1) is 0 Å². The highest BCUT2D eigenvalue weighted by Crippen LogP contribution is 2.35. The van der Waals surface area contributed by atoms with E-state index < -0.39 is 17.6 Å². The minimum Gasteiger partial charge on any atom is -0.497 e. The summed E-state index contributed by atoms with van der Waals surface area (Å²) >= 11 is 0. The molecule has 0 bridgehead atoms. The largest absolute Gasteiger partial charge is 0.497 e. The molecule has 0 spiro atoms. The van der Waals surface area contributed by atoms with E-state index in [-0.39, 0.29) is 18.2 Å². The van der Waals surface area contributed by atoms with Gasteiger partial charge in [0.05, 0.1) is 19.7 Å². The van der Waals surface area contributed by atoms with Crippen molar-refractivity contribution in [3.63, 3.8) is 0 Å². The average Bonchev–Trinajstić information content (AvgIpc) is 3.01. The summed E-state index contributed by atoms with van der Waals surface area (Å²) in [6.07, 6.45) is 6.39. The fraction of sp³-hybridized carbons (Fsp3) is 0.500. The van der Waals surface area contributed by atoms with Gasteiger partial charge in [-0.1, -0.05) is 49.6 Å². The molecule has 7 heteroatoms. The van der Waals surface area contributed by atoms with Gasteiger partial charge in [-0.2, -0.15) is 0 Å². The summed E-state index contributed by atoms with van der Waals surface area (Å²) in [5.41, 5.74) is 7.19. The summed E-state index contributed by atoms with van der Waals surface area (Å²) < 4.78 is 5.26. The number of aryl methyl sites for hydroxylation is 1. The second-order valence-electron chi connectivity index (χ2n) is 9.82. The standard InChI is InChI=1S/C28H37N3O4/c1-35-23-14-11-20(12-15-23)19-31-25-10-6-5-7-21(25)13-16-24(26(31)32)30-18-17-28(34,27(29)33)22-8-3-2-4-9-22/h5-7,10-12,14-15,22,24,30,34H,2-4,8-9,13,16-19H2,1H3,(H2,29,33). The lowest BCUT2D eigenvalue weighted by atomic mass is 9.74. The van der Waals surface area contributed by atoms with Crippen molar-refractivity contribution in [1.29, 1.82) is 0 Å². The monoisotopic (exact) mass is 479 g/mol. The lowest BCUT2D eigenvalue weighted by Gasteiger charge is -2.36. The number of primary amides is 1.